The van der Waals surface area contributed by atoms with Gasteiger partial charge in [-0.3, -0.25) is 4.90 Å². The van der Waals surface area contributed by atoms with Crippen molar-refractivity contribution in [3.63, 3.8) is 0 Å². The molecule has 5 nitrogen and oxygen atoms in total. The lowest BCUT2D eigenvalue weighted by Crippen LogP contribution is -2.38. The van der Waals surface area contributed by atoms with Crippen LogP contribution in [-0.4, -0.2) is 37.1 Å². The number of aliphatic hydroxyl groups excluding tert-OH is 1. The van der Waals surface area contributed by atoms with E-state index in [0.29, 0.717) is 11.4 Å². The second-order valence-corrected chi connectivity index (χ2v) is 3.90. The van der Waals surface area contributed by atoms with Gasteiger partial charge >= 0.3 is 6.09 Å². The van der Waals surface area contributed by atoms with Gasteiger partial charge in [0.25, 0.3) is 0 Å². The molecule has 0 bridgehead atoms. The van der Waals surface area contributed by atoms with Gasteiger partial charge in [0.15, 0.2) is 0 Å². The Morgan fingerprint density at radius 3 is 2.67 bits per heavy atom. The Labute approximate surface area is 105 Å². The second-order valence-electron chi connectivity index (χ2n) is 3.90. The number of amides is 1. The minimum atomic E-state index is -0.496. The lowest BCUT2D eigenvalue weighted by Gasteiger charge is -2.21. The minimum absolute atomic E-state index is 0.186. The van der Waals surface area contributed by atoms with Crippen molar-refractivity contribution in [2.45, 2.75) is 12.1 Å². The number of carbonyl (C=O) groups is 1. The van der Waals surface area contributed by atoms with Gasteiger partial charge in [-0.2, -0.15) is 0 Å². The third-order valence-electron chi connectivity index (χ3n) is 2.91. The molecule has 2 rings (SSSR count). The quantitative estimate of drug-likeness (QED) is 0.823. The zero-order chi connectivity index (χ0) is 13.1. The number of aliphatic hydroxyl groups is 1. The van der Waals surface area contributed by atoms with Crippen LogP contribution in [0, 0.1) is 0 Å². The van der Waals surface area contributed by atoms with E-state index in [-0.39, 0.29) is 6.61 Å². The van der Waals surface area contributed by atoms with E-state index in [1.807, 2.05) is 0 Å². The maximum atomic E-state index is 11.8. The Morgan fingerprint density at radius 1 is 1.50 bits per heavy atom. The topological polar surface area (TPSA) is 59.0 Å². The van der Waals surface area contributed by atoms with Crippen LogP contribution in [0.1, 0.15) is 0 Å². The van der Waals surface area contributed by atoms with E-state index in [1.54, 1.807) is 31.4 Å². The predicted octanol–water partition coefficient (Wildman–Crippen LogP) is 1.57. The van der Waals surface area contributed by atoms with E-state index >= 15 is 0 Å². The Kier molecular flexibility index (Phi) is 3.53. The normalized spacial score (nSPS) is 22.8. The first-order valence-electron chi connectivity index (χ1n) is 5.58. The summed E-state index contributed by atoms with van der Waals surface area (Å²) in [4.78, 5) is 13.2. The van der Waals surface area contributed by atoms with Crippen LogP contribution in [0.5, 0.6) is 5.75 Å². The van der Waals surface area contributed by atoms with Crippen molar-refractivity contribution in [3.05, 3.63) is 36.9 Å². The molecular formula is C13H15NO4. The first kappa shape index (κ1) is 12.4. The summed E-state index contributed by atoms with van der Waals surface area (Å²) in [5.41, 5.74) is 0.657. The number of ether oxygens (including phenoxy) is 2. The van der Waals surface area contributed by atoms with Crippen LogP contribution in [0.3, 0.4) is 0 Å². The first-order valence-corrected chi connectivity index (χ1v) is 5.58. The molecule has 18 heavy (non-hydrogen) atoms. The molecule has 1 aromatic rings. The summed E-state index contributed by atoms with van der Waals surface area (Å²) in [6.07, 6.45) is 0.538. The number of hydrogen-bond acceptors (Lipinski definition) is 4. The van der Waals surface area contributed by atoms with Gasteiger partial charge in [0, 0.05) is 5.69 Å². The van der Waals surface area contributed by atoms with E-state index in [1.165, 1.54) is 11.0 Å². The maximum Gasteiger partial charge on any atom is 0.415 e. The van der Waals surface area contributed by atoms with Crippen molar-refractivity contribution in [2.24, 2.45) is 0 Å². The van der Waals surface area contributed by atoms with Gasteiger partial charge in [-0.1, -0.05) is 6.58 Å². The molecule has 1 aromatic carbocycles. The number of carbonyl (C=O) groups excluding carboxylic acids is 1. The van der Waals surface area contributed by atoms with Gasteiger partial charge in [-0.15, -0.1) is 0 Å². The number of hydrogen-bond donors (Lipinski definition) is 1. The molecular weight excluding hydrogens is 234 g/mol. The van der Waals surface area contributed by atoms with Crippen molar-refractivity contribution < 1.29 is 19.4 Å². The number of cyclic esters (lactones) is 1. The highest BCUT2D eigenvalue weighted by Crippen LogP contribution is 2.28. The summed E-state index contributed by atoms with van der Waals surface area (Å²) in [5, 5.41) is 9.37. The first-order chi connectivity index (χ1) is 8.71. The summed E-state index contributed by atoms with van der Waals surface area (Å²) in [6.45, 7) is 3.41. The molecule has 1 fully saturated rings. The van der Waals surface area contributed by atoms with Crippen molar-refractivity contribution in [3.8, 4) is 5.75 Å². The number of rotatable bonds is 4. The Morgan fingerprint density at radius 2 is 2.17 bits per heavy atom. The monoisotopic (exact) mass is 249 g/mol. The lowest BCUT2D eigenvalue weighted by molar-refractivity contribution is 0.144. The van der Waals surface area contributed by atoms with Crippen LogP contribution >= 0.6 is 0 Å². The molecule has 0 aliphatic carbocycles. The maximum absolute atomic E-state index is 11.8. The standard InChI is InChI=1S/C13H15NO4/c1-3-12-11(8-15)14(13(16)18-12)9-4-6-10(17-2)7-5-9/h3-7,11-12,15H,1,8H2,2H3/t11-,12-/m1/s1. The van der Waals surface area contributed by atoms with Crippen LogP contribution in [0.25, 0.3) is 0 Å². The van der Waals surface area contributed by atoms with E-state index in [9.17, 15) is 9.90 Å². The van der Waals surface area contributed by atoms with Crippen molar-refractivity contribution >= 4 is 11.8 Å². The minimum Gasteiger partial charge on any atom is -0.497 e. The molecule has 0 saturated carbocycles. The summed E-state index contributed by atoms with van der Waals surface area (Å²) in [7, 11) is 1.57. The molecule has 1 saturated heterocycles. The summed E-state index contributed by atoms with van der Waals surface area (Å²) in [5.74, 6) is 0.701. The summed E-state index contributed by atoms with van der Waals surface area (Å²) in [6, 6.07) is 6.54. The molecule has 1 heterocycles. The van der Waals surface area contributed by atoms with Gasteiger partial charge in [0.05, 0.1) is 13.7 Å². The Balaban J connectivity index is 2.29. The van der Waals surface area contributed by atoms with Crippen molar-refractivity contribution in [1.29, 1.82) is 0 Å². The fourth-order valence-corrected chi connectivity index (χ4v) is 1.96. The van der Waals surface area contributed by atoms with Crippen molar-refractivity contribution in [2.75, 3.05) is 18.6 Å². The fraction of sp³-hybridized carbons (Fsp3) is 0.308. The Bertz CT molecular complexity index is 443. The van der Waals surface area contributed by atoms with Crippen LogP contribution in [-0.2, 0) is 4.74 Å². The largest absolute Gasteiger partial charge is 0.497 e. The molecule has 1 N–H and O–H groups in total. The van der Waals surface area contributed by atoms with Crippen LogP contribution < -0.4 is 9.64 Å². The average molecular weight is 249 g/mol. The fourth-order valence-electron chi connectivity index (χ4n) is 1.96. The van der Waals surface area contributed by atoms with E-state index in [0.717, 1.165) is 0 Å². The molecule has 1 aliphatic rings. The third-order valence-corrected chi connectivity index (χ3v) is 2.91. The molecule has 0 radical (unpaired) electrons. The van der Waals surface area contributed by atoms with Gasteiger partial charge in [-0.05, 0) is 30.3 Å². The lowest BCUT2D eigenvalue weighted by atomic mass is 10.1. The highest BCUT2D eigenvalue weighted by Gasteiger charge is 2.40. The van der Waals surface area contributed by atoms with Gasteiger partial charge in [0.2, 0.25) is 0 Å². The van der Waals surface area contributed by atoms with Gasteiger partial charge in [-0.25, -0.2) is 4.79 Å². The zero-order valence-electron chi connectivity index (χ0n) is 10.1. The molecule has 5 heteroatoms. The third kappa shape index (κ3) is 2.04. The average Bonchev–Trinajstić information content (AvgIpc) is 2.74. The second kappa shape index (κ2) is 5.10. The molecule has 0 spiro atoms. The Hall–Kier alpha value is -2.01. The highest BCUT2D eigenvalue weighted by atomic mass is 16.6. The highest BCUT2D eigenvalue weighted by molar-refractivity contribution is 5.91. The molecule has 0 aromatic heterocycles. The van der Waals surface area contributed by atoms with Gasteiger partial charge < -0.3 is 14.6 Å². The summed E-state index contributed by atoms with van der Waals surface area (Å²) >= 11 is 0. The predicted molar refractivity (Wildman–Crippen MR) is 66.8 cm³/mol. The van der Waals surface area contributed by atoms with Gasteiger partial charge in [0.1, 0.15) is 17.9 Å². The molecule has 1 amide bonds. The number of nitrogens with zero attached hydrogens (tertiary/aromatic N) is 1. The summed E-state index contributed by atoms with van der Waals surface area (Å²) < 4.78 is 10.2. The van der Waals surface area contributed by atoms with Crippen LogP contribution in [0.2, 0.25) is 0 Å². The van der Waals surface area contributed by atoms with E-state index in [4.69, 9.17) is 9.47 Å². The molecule has 2 atom stereocenters. The van der Waals surface area contributed by atoms with E-state index in [2.05, 4.69) is 6.58 Å². The molecule has 96 valence electrons. The molecule has 1 aliphatic heterocycles. The van der Waals surface area contributed by atoms with Crippen LogP contribution in [0.15, 0.2) is 36.9 Å². The SMILES string of the molecule is C=C[C@H]1OC(=O)N(c2ccc(OC)cc2)[C@@H]1CO. The number of benzene rings is 1. The number of anilines is 1. The zero-order valence-corrected chi connectivity index (χ0v) is 10.1. The van der Waals surface area contributed by atoms with Crippen LogP contribution in [0.4, 0.5) is 10.5 Å². The van der Waals surface area contributed by atoms with E-state index < -0.39 is 18.2 Å². The van der Waals surface area contributed by atoms with Crippen molar-refractivity contribution in [1.82, 2.24) is 0 Å². The number of methoxy groups -OCH3 is 1. The smallest absolute Gasteiger partial charge is 0.415 e. The molecule has 0 unspecified atom stereocenters.